The Hall–Kier alpha value is -2.12. The third-order valence-corrected chi connectivity index (χ3v) is 5.48. The Bertz CT molecular complexity index is 669. The largest absolute Gasteiger partial charge is 0.379 e. The summed E-state index contributed by atoms with van der Waals surface area (Å²) < 4.78 is 5.39. The van der Waals surface area contributed by atoms with Crippen molar-refractivity contribution in [3.63, 3.8) is 0 Å². The van der Waals surface area contributed by atoms with Crippen LogP contribution in [0.5, 0.6) is 0 Å². The predicted octanol–water partition coefficient (Wildman–Crippen LogP) is 2.20. The van der Waals surface area contributed by atoms with Crippen LogP contribution in [0, 0.1) is 5.92 Å². The van der Waals surface area contributed by atoms with E-state index in [0.717, 1.165) is 82.4 Å². The molecular weight excluding hydrogens is 366 g/mol. The summed E-state index contributed by atoms with van der Waals surface area (Å²) in [5.41, 5.74) is 1.94. The number of rotatable bonds is 9. The van der Waals surface area contributed by atoms with Gasteiger partial charge in [0.15, 0.2) is 5.96 Å². The van der Waals surface area contributed by atoms with Crippen molar-refractivity contribution in [1.82, 2.24) is 15.5 Å². The highest BCUT2D eigenvalue weighted by Crippen LogP contribution is 2.27. The van der Waals surface area contributed by atoms with Crippen LogP contribution in [-0.2, 0) is 16.1 Å². The predicted molar refractivity (Wildman–Crippen MR) is 117 cm³/mol. The van der Waals surface area contributed by atoms with Gasteiger partial charge in [0.1, 0.15) is 0 Å². The van der Waals surface area contributed by atoms with Crippen LogP contribution in [-0.4, -0.2) is 62.7 Å². The number of carbonyl (C=O) groups excluding carboxylic acids is 1. The first-order valence-corrected chi connectivity index (χ1v) is 11.0. The molecule has 0 bridgehead atoms. The van der Waals surface area contributed by atoms with Crippen LogP contribution in [0.2, 0.25) is 0 Å². The fourth-order valence-corrected chi connectivity index (χ4v) is 3.51. The summed E-state index contributed by atoms with van der Waals surface area (Å²) in [6, 6.07) is 7.98. The molecule has 7 heteroatoms. The lowest BCUT2D eigenvalue weighted by Gasteiger charge is -2.26. The van der Waals surface area contributed by atoms with Crippen molar-refractivity contribution >= 4 is 17.6 Å². The van der Waals surface area contributed by atoms with Gasteiger partial charge in [0.25, 0.3) is 0 Å². The normalized spacial score (nSPS) is 18.2. The monoisotopic (exact) mass is 401 g/mol. The Labute approximate surface area is 174 Å². The number of morpholine rings is 1. The van der Waals surface area contributed by atoms with E-state index in [9.17, 15) is 4.79 Å². The molecule has 0 radical (unpaired) electrons. The first-order chi connectivity index (χ1) is 14.2. The summed E-state index contributed by atoms with van der Waals surface area (Å²) in [4.78, 5) is 19.3. The van der Waals surface area contributed by atoms with Gasteiger partial charge in [-0.25, -0.2) is 4.99 Å². The molecule has 1 saturated carbocycles. The van der Waals surface area contributed by atoms with Crippen LogP contribution >= 0.6 is 0 Å². The van der Waals surface area contributed by atoms with Gasteiger partial charge >= 0.3 is 0 Å². The van der Waals surface area contributed by atoms with Crippen molar-refractivity contribution in [1.29, 1.82) is 0 Å². The Morgan fingerprint density at radius 2 is 2.07 bits per heavy atom. The minimum absolute atomic E-state index is 0.146. The highest BCUT2D eigenvalue weighted by Gasteiger charge is 2.25. The number of ether oxygens (including phenoxy) is 1. The second kappa shape index (κ2) is 11.8. The molecule has 0 unspecified atom stereocenters. The first kappa shape index (κ1) is 21.6. The number of nitrogens with zero attached hydrogens (tertiary/aromatic N) is 2. The lowest BCUT2D eigenvalue weighted by molar-refractivity contribution is -0.122. The van der Waals surface area contributed by atoms with E-state index in [2.05, 4.69) is 27.8 Å². The van der Waals surface area contributed by atoms with Crippen LogP contribution in [0.4, 0.5) is 5.69 Å². The van der Waals surface area contributed by atoms with Gasteiger partial charge in [-0.2, -0.15) is 0 Å². The molecule has 1 amide bonds. The number of hydrogen-bond donors (Lipinski definition) is 3. The maximum atomic E-state index is 12.1. The Morgan fingerprint density at radius 1 is 1.24 bits per heavy atom. The zero-order valence-corrected chi connectivity index (χ0v) is 17.6. The minimum Gasteiger partial charge on any atom is -0.379 e. The van der Waals surface area contributed by atoms with Crippen LogP contribution in [0.25, 0.3) is 0 Å². The Morgan fingerprint density at radius 3 is 2.79 bits per heavy atom. The molecule has 1 aromatic carbocycles. The summed E-state index contributed by atoms with van der Waals surface area (Å²) in [6.45, 7) is 9.19. The molecule has 3 rings (SSSR count). The number of amides is 1. The molecule has 0 aromatic heterocycles. The van der Waals surface area contributed by atoms with E-state index in [1.54, 1.807) is 0 Å². The molecule has 1 saturated heterocycles. The maximum absolute atomic E-state index is 12.1. The van der Waals surface area contributed by atoms with Crippen LogP contribution in [0.15, 0.2) is 29.3 Å². The van der Waals surface area contributed by atoms with Crippen LogP contribution in [0.3, 0.4) is 0 Å². The Kier molecular flexibility index (Phi) is 8.77. The summed E-state index contributed by atoms with van der Waals surface area (Å²) in [6.07, 6.45) is 4.27. The number of benzene rings is 1. The van der Waals surface area contributed by atoms with E-state index in [1.807, 2.05) is 24.3 Å². The number of aliphatic imine (C=N–C) groups is 1. The van der Waals surface area contributed by atoms with Crippen molar-refractivity contribution in [3.8, 4) is 0 Å². The van der Waals surface area contributed by atoms with Crippen LogP contribution < -0.4 is 16.0 Å². The first-order valence-electron chi connectivity index (χ1n) is 11.0. The second-order valence-electron chi connectivity index (χ2n) is 7.75. The topological polar surface area (TPSA) is 78.0 Å². The lowest BCUT2D eigenvalue weighted by atomic mass is 9.85. The highest BCUT2D eigenvalue weighted by atomic mass is 16.5. The van der Waals surface area contributed by atoms with Crippen molar-refractivity contribution in [3.05, 3.63) is 29.8 Å². The number of carbonyl (C=O) groups is 1. The fourth-order valence-electron chi connectivity index (χ4n) is 3.51. The molecule has 2 aliphatic rings. The van der Waals surface area contributed by atoms with Crippen molar-refractivity contribution in [2.24, 2.45) is 10.9 Å². The van der Waals surface area contributed by atoms with Crippen molar-refractivity contribution in [2.45, 2.75) is 39.2 Å². The van der Waals surface area contributed by atoms with E-state index in [1.165, 1.54) is 6.42 Å². The molecule has 1 aliphatic heterocycles. The standard InChI is InChI=1S/C22H35N5O2/c1-2-23-22(24-10-5-11-27-12-14-29-15-13-27)25-17-18-6-3-9-20(16-18)26-21(28)19-7-4-8-19/h3,6,9,16,19H,2,4-5,7-8,10-15,17H2,1H3,(H,26,28)(H2,23,24,25). The minimum atomic E-state index is 0.146. The molecule has 160 valence electrons. The average Bonchev–Trinajstić information content (AvgIpc) is 2.69. The highest BCUT2D eigenvalue weighted by molar-refractivity contribution is 5.93. The van der Waals surface area contributed by atoms with Gasteiger partial charge in [0, 0.05) is 37.8 Å². The number of nitrogens with one attached hydrogen (secondary N) is 3. The van der Waals surface area contributed by atoms with Gasteiger partial charge in [-0.1, -0.05) is 18.6 Å². The maximum Gasteiger partial charge on any atom is 0.227 e. The molecule has 3 N–H and O–H groups in total. The van der Waals surface area contributed by atoms with Gasteiger partial charge in [0.2, 0.25) is 5.91 Å². The zero-order chi connectivity index (χ0) is 20.3. The van der Waals surface area contributed by atoms with Gasteiger partial charge < -0.3 is 20.7 Å². The van der Waals surface area contributed by atoms with Gasteiger partial charge in [0.05, 0.1) is 19.8 Å². The third-order valence-electron chi connectivity index (χ3n) is 5.48. The SMILES string of the molecule is CCNC(=NCc1cccc(NC(=O)C2CCC2)c1)NCCCN1CCOCC1. The molecule has 1 heterocycles. The summed E-state index contributed by atoms with van der Waals surface area (Å²) in [7, 11) is 0. The molecular formula is C22H35N5O2. The molecule has 7 nitrogen and oxygen atoms in total. The third kappa shape index (κ3) is 7.33. The average molecular weight is 402 g/mol. The van der Waals surface area contributed by atoms with Crippen molar-refractivity contribution < 1.29 is 9.53 Å². The molecule has 29 heavy (non-hydrogen) atoms. The van der Waals surface area contributed by atoms with Gasteiger partial charge in [-0.3, -0.25) is 9.69 Å². The van der Waals surface area contributed by atoms with E-state index in [0.29, 0.717) is 6.54 Å². The molecule has 2 fully saturated rings. The summed E-state index contributed by atoms with van der Waals surface area (Å²) in [5.74, 6) is 1.17. The van der Waals surface area contributed by atoms with Gasteiger partial charge in [-0.05, 0) is 50.4 Å². The van der Waals surface area contributed by atoms with E-state index >= 15 is 0 Å². The fraction of sp³-hybridized carbons (Fsp3) is 0.636. The Balaban J connectivity index is 1.44. The van der Waals surface area contributed by atoms with Gasteiger partial charge in [-0.15, -0.1) is 0 Å². The van der Waals surface area contributed by atoms with Crippen LogP contribution in [0.1, 0.15) is 38.2 Å². The quantitative estimate of drug-likeness (QED) is 0.336. The molecule has 0 atom stereocenters. The molecule has 0 spiro atoms. The lowest BCUT2D eigenvalue weighted by Crippen LogP contribution is -2.40. The number of guanidine groups is 1. The van der Waals surface area contributed by atoms with E-state index in [-0.39, 0.29) is 11.8 Å². The van der Waals surface area contributed by atoms with E-state index in [4.69, 9.17) is 9.73 Å². The summed E-state index contributed by atoms with van der Waals surface area (Å²) >= 11 is 0. The second-order valence-corrected chi connectivity index (χ2v) is 7.75. The molecule has 1 aromatic rings. The number of hydrogen-bond acceptors (Lipinski definition) is 4. The smallest absolute Gasteiger partial charge is 0.227 e. The number of anilines is 1. The van der Waals surface area contributed by atoms with E-state index < -0.39 is 0 Å². The molecule has 1 aliphatic carbocycles. The van der Waals surface area contributed by atoms with Crippen molar-refractivity contribution in [2.75, 3.05) is 51.3 Å². The summed E-state index contributed by atoms with van der Waals surface area (Å²) in [5, 5.41) is 9.76. The zero-order valence-electron chi connectivity index (χ0n) is 17.6.